The van der Waals surface area contributed by atoms with Gasteiger partial charge >= 0.3 is 0 Å². The van der Waals surface area contributed by atoms with E-state index in [0.717, 1.165) is 17.4 Å². The first-order chi connectivity index (χ1) is 11.9. The van der Waals surface area contributed by atoms with E-state index in [0.29, 0.717) is 11.5 Å². The molecule has 0 bridgehead atoms. The first kappa shape index (κ1) is 16.8. The van der Waals surface area contributed by atoms with Crippen LogP contribution in [0.15, 0.2) is 36.7 Å². The summed E-state index contributed by atoms with van der Waals surface area (Å²) in [4.78, 5) is 20.0. The van der Waals surface area contributed by atoms with Crippen molar-refractivity contribution in [2.24, 2.45) is 0 Å². The second-order valence-corrected chi connectivity index (χ2v) is 7.47. The topological polar surface area (TPSA) is 116 Å². The van der Waals surface area contributed by atoms with E-state index >= 15 is 0 Å². The molecular weight excluding hydrogens is 346 g/mol. The van der Waals surface area contributed by atoms with E-state index in [2.05, 4.69) is 20.4 Å². The smallest absolute Gasteiger partial charge is 0.249 e. The summed E-state index contributed by atoms with van der Waals surface area (Å²) >= 11 is 0. The zero-order valence-corrected chi connectivity index (χ0v) is 14.3. The van der Waals surface area contributed by atoms with Crippen LogP contribution in [0.2, 0.25) is 0 Å². The van der Waals surface area contributed by atoms with Crippen LogP contribution in [-0.4, -0.2) is 53.0 Å². The highest BCUT2D eigenvalue weighted by Crippen LogP contribution is 2.27. The van der Waals surface area contributed by atoms with Crippen molar-refractivity contribution in [2.75, 3.05) is 24.4 Å². The predicted molar refractivity (Wildman–Crippen MR) is 91.1 cm³/mol. The Morgan fingerprint density at radius 3 is 2.84 bits per heavy atom. The highest BCUT2D eigenvalue weighted by Gasteiger charge is 2.14. The maximum Gasteiger partial charge on any atom is 0.249 e. The van der Waals surface area contributed by atoms with Gasteiger partial charge in [0.1, 0.15) is 5.75 Å². The maximum absolute atomic E-state index is 11.7. The largest absolute Gasteiger partial charge is 0.481 e. The number of methoxy groups -OCH3 is 1. The molecule has 3 aromatic heterocycles. The van der Waals surface area contributed by atoms with Crippen molar-refractivity contribution in [3.05, 3.63) is 36.7 Å². The molecule has 3 rings (SSSR count). The van der Waals surface area contributed by atoms with Crippen LogP contribution in [0.5, 0.6) is 5.88 Å². The minimum Gasteiger partial charge on any atom is -0.481 e. The van der Waals surface area contributed by atoms with Crippen molar-refractivity contribution in [1.82, 2.24) is 19.6 Å². The predicted octanol–water partition coefficient (Wildman–Crippen LogP) is 0.783. The van der Waals surface area contributed by atoms with Crippen molar-refractivity contribution in [1.29, 1.82) is 0 Å². The zero-order chi connectivity index (χ0) is 18.0. The van der Waals surface area contributed by atoms with E-state index in [1.807, 2.05) is 12.1 Å². The molecule has 1 N–H and O–H groups in total. The number of rotatable bonds is 5. The van der Waals surface area contributed by atoms with Crippen LogP contribution in [0, 0.1) is 0 Å². The lowest BCUT2D eigenvalue weighted by molar-refractivity contribution is -0.113. The monoisotopic (exact) mass is 361 g/mol. The van der Waals surface area contributed by atoms with Crippen LogP contribution in [0.1, 0.15) is 0 Å². The molecule has 0 aliphatic rings. The van der Waals surface area contributed by atoms with E-state index < -0.39 is 21.5 Å². The molecule has 10 heteroatoms. The van der Waals surface area contributed by atoms with Gasteiger partial charge in [-0.05, 0) is 24.3 Å². The van der Waals surface area contributed by atoms with Gasteiger partial charge in [0, 0.05) is 29.8 Å². The molecule has 9 nitrogen and oxygen atoms in total. The molecule has 0 fully saturated rings. The zero-order valence-electron chi connectivity index (χ0n) is 13.5. The molecular formula is C15H15N5O4S. The molecule has 25 heavy (non-hydrogen) atoms. The highest BCUT2D eigenvalue weighted by atomic mass is 32.2. The summed E-state index contributed by atoms with van der Waals surface area (Å²) in [5.41, 5.74) is 2.09. The summed E-state index contributed by atoms with van der Waals surface area (Å²) in [6, 6.07) is 7.20. The SMILES string of the molecule is COc1ncccc1-c1ccc2nc(NC(=O)CS(C)(=O)=O)nn2c1. The third-order valence-electron chi connectivity index (χ3n) is 3.25. The van der Waals surface area contributed by atoms with Crippen molar-refractivity contribution in [3.8, 4) is 17.0 Å². The van der Waals surface area contributed by atoms with Gasteiger partial charge in [-0.25, -0.2) is 17.9 Å². The summed E-state index contributed by atoms with van der Waals surface area (Å²) in [6.45, 7) is 0. The molecule has 0 aliphatic carbocycles. The lowest BCUT2D eigenvalue weighted by atomic mass is 10.1. The highest BCUT2D eigenvalue weighted by molar-refractivity contribution is 7.91. The molecule has 0 radical (unpaired) electrons. The summed E-state index contributed by atoms with van der Waals surface area (Å²) in [5.74, 6) is -0.805. The number of pyridine rings is 2. The van der Waals surface area contributed by atoms with Gasteiger partial charge < -0.3 is 4.74 Å². The first-order valence-corrected chi connectivity index (χ1v) is 9.25. The third-order valence-corrected chi connectivity index (χ3v) is 4.04. The lowest BCUT2D eigenvalue weighted by Crippen LogP contribution is -2.22. The number of amides is 1. The lowest BCUT2D eigenvalue weighted by Gasteiger charge is -2.06. The Morgan fingerprint density at radius 2 is 2.12 bits per heavy atom. The molecule has 0 aromatic carbocycles. The van der Waals surface area contributed by atoms with Crippen LogP contribution < -0.4 is 10.1 Å². The minimum absolute atomic E-state index is 0.0314. The van der Waals surface area contributed by atoms with E-state index in [1.165, 1.54) is 11.6 Å². The van der Waals surface area contributed by atoms with Crippen molar-refractivity contribution < 1.29 is 17.9 Å². The number of anilines is 1. The number of hydrogen-bond donors (Lipinski definition) is 1. The molecule has 1 amide bonds. The van der Waals surface area contributed by atoms with Gasteiger partial charge in [0.25, 0.3) is 0 Å². The molecule has 0 saturated heterocycles. The van der Waals surface area contributed by atoms with E-state index in [4.69, 9.17) is 4.74 Å². The number of aromatic nitrogens is 4. The second kappa shape index (κ2) is 6.48. The summed E-state index contributed by atoms with van der Waals surface area (Å²) in [6.07, 6.45) is 4.33. The van der Waals surface area contributed by atoms with Crippen LogP contribution in [-0.2, 0) is 14.6 Å². The Kier molecular flexibility index (Phi) is 4.36. The molecule has 3 heterocycles. The van der Waals surface area contributed by atoms with E-state index in [9.17, 15) is 13.2 Å². The van der Waals surface area contributed by atoms with Gasteiger partial charge in [0.2, 0.25) is 17.7 Å². The average Bonchev–Trinajstić information content (AvgIpc) is 2.93. The number of ether oxygens (including phenoxy) is 1. The van der Waals surface area contributed by atoms with Crippen molar-refractivity contribution >= 4 is 27.3 Å². The normalized spacial score (nSPS) is 11.4. The Hall–Kier alpha value is -3.01. The van der Waals surface area contributed by atoms with Gasteiger partial charge in [0.15, 0.2) is 15.5 Å². The standard InChI is InChI=1S/C15H15N5O4S/c1-24-14-11(4-3-7-16-14)10-5-6-12-17-15(19-20(12)8-10)18-13(21)9-25(2,22)23/h3-8H,9H2,1-2H3,(H,18,19,21). The molecule has 130 valence electrons. The number of carbonyl (C=O) groups excluding carboxylic acids is 1. The minimum atomic E-state index is -3.42. The maximum atomic E-state index is 11.7. The molecule has 0 aliphatic heterocycles. The van der Waals surface area contributed by atoms with Gasteiger partial charge in [-0.3, -0.25) is 10.1 Å². The van der Waals surface area contributed by atoms with Crippen LogP contribution in [0.3, 0.4) is 0 Å². The number of nitrogens with zero attached hydrogens (tertiary/aromatic N) is 4. The van der Waals surface area contributed by atoms with Gasteiger partial charge in [-0.1, -0.05) is 0 Å². The third kappa shape index (κ3) is 3.91. The summed E-state index contributed by atoms with van der Waals surface area (Å²) in [5, 5.41) is 6.51. The first-order valence-electron chi connectivity index (χ1n) is 7.19. The average molecular weight is 361 g/mol. The summed E-state index contributed by atoms with van der Waals surface area (Å²) in [7, 11) is -1.88. The molecule has 0 saturated carbocycles. The van der Waals surface area contributed by atoms with Crippen LogP contribution >= 0.6 is 0 Å². The molecule has 0 atom stereocenters. The van der Waals surface area contributed by atoms with Gasteiger partial charge in [-0.2, -0.15) is 4.98 Å². The molecule has 0 spiro atoms. The second-order valence-electron chi connectivity index (χ2n) is 5.33. The van der Waals surface area contributed by atoms with Gasteiger partial charge in [-0.15, -0.1) is 5.10 Å². The number of fused-ring (bicyclic) bond motifs is 1. The molecule has 0 unspecified atom stereocenters. The van der Waals surface area contributed by atoms with E-state index in [1.54, 1.807) is 24.5 Å². The molecule has 3 aromatic rings. The Morgan fingerprint density at radius 1 is 1.32 bits per heavy atom. The number of nitrogens with one attached hydrogen (secondary N) is 1. The van der Waals surface area contributed by atoms with E-state index in [-0.39, 0.29) is 5.95 Å². The Balaban J connectivity index is 1.90. The van der Waals surface area contributed by atoms with Gasteiger partial charge in [0.05, 0.1) is 7.11 Å². The quantitative estimate of drug-likeness (QED) is 0.714. The number of carbonyl (C=O) groups is 1. The van der Waals surface area contributed by atoms with Crippen LogP contribution in [0.4, 0.5) is 5.95 Å². The Bertz CT molecular complexity index is 1050. The fraction of sp³-hybridized carbons (Fsp3) is 0.200. The fourth-order valence-electron chi connectivity index (χ4n) is 2.27. The number of hydrogen-bond acceptors (Lipinski definition) is 7. The number of sulfone groups is 1. The fourth-order valence-corrected chi connectivity index (χ4v) is 2.82. The summed E-state index contributed by atoms with van der Waals surface area (Å²) < 4.78 is 29.0. The Labute approximate surface area is 143 Å². The van der Waals surface area contributed by atoms with Crippen molar-refractivity contribution in [2.45, 2.75) is 0 Å². The van der Waals surface area contributed by atoms with Crippen LogP contribution in [0.25, 0.3) is 16.8 Å². The van der Waals surface area contributed by atoms with Crippen molar-refractivity contribution in [3.63, 3.8) is 0 Å².